The third-order valence-electron chi connectivity index (χ3n) is 9.00. The molecule has 2 aliphatic carbocycles. The van der Waals surface area contributed by atoms with Gasteiger partial charge in [0.1, 0.15) is 5.75 Å². The van der Waals surface area contributed by atoms with Crippen LogP contribution in [0.15, 0.2) is 36.4 Å². The molecule has 2 aliphatic heterocycles. The Balaban J connectivity index is 1.40. The molecule has 0 radical (unpaired) electrons. The highest BCUT2D eigenvalue weighted by Crippen LogP contribution is 2.68. The van der Waals surface area contributed by atoms with Crippen molar-refractivity contribution >= 4 is 5.78 Å². The largest absolute Gasteiger partial charge is 0.493 e. The Morgan fingerprint density at radius 3 is 2.82 bits per heavy atom. The van der Waals surface area contributed by atoms with Crippen molar-refractivity contribution in [3.05, 3.63) is 53.1 Å². The van der Waals surface area contributed by atoms with Gasteiger partial charge in [-0.05, 0) is 64.1 Å². The normalized spacial score (nSPS) is 31.7. The molecule has 2 aromatic carbocycles. The molecule has 0 N–H and O–H groups in total. The minimum atomic E-state index is -0.813. The number of ketones is 1. The lowest BCUT2D eigenvalue weighted by molar-refractivity contribution is -0.153. The molecule has 1 spiro atoms. The van der Waals surface area contributed by atoms with Crippen LogP contribution in [0.4, 0.5) is 0 Å². The van der Waals surface area contributed by atoms with Gasteiger partial charge in [-0.25, -0.2) is 0 Å². The number of methoxy groups -OCH3 is 1. The molecule has 2 heterocycles. The number of hydrogen-bond donors (Lipinski definition) is 0. The lowest BCUT2D eigenvalue weighted by atomic mass is 9.47. The van der Waals surface area contributed by atoms with Crippen molar-refractivity contribution in [1.82, 2.24) is 4.90 Å². The van der Waals surface area contributed by atoms with Crippen LogP contribution in [0.5, 0.6) is 17.2 Å². The van der Waals surface area contributed by atoms with Gasteiger partial charge in [0.15, 0.2) is 22.9 Å². The summed E-state index contributed by atoms with van der Waals surface area (Å²) in [6, 6.07) is 12.9. The number of benzene rings is 2. The number of ether oxygens (including phenoxy) is 3. The van der Waals surface area contributed by atoms with Crippen LogP contribution < -0.4 is 14.2 Å². The van der Waals surface area contributed by atoms with Crippen molar-refractivity contribution in [3.63, 3.8) is 0 Å². The van der Waals surface area contributed by atoms with E-state index in [-0.39, 0.29) is 11.2 Å². The molecule has 2 fully saturated rings. The number of carbonyl (C=O) groups is 1. The minimum Gasteiger partial charge on any atom is -0.493 e. The van der Waals surface area contributed by atoms with Crippen LogP contribution in [-0.4, -0.2) is 49.6 Å². The number of likely N-dealkylation sites (tertiary alicyclic amines) is 1. The second kappa shape index (κ2) is 7.49. The highest BCUT2D eigenvalue weighted by molar-refractivity contribution is 5.93. The van der Waals surface area contributed by atoms with E-state index < -0.39 is 5.60 Å². The molecule has 2 aromatic rings. The zero-order valence-electron chi connectivity index (χ0n) is 19.9. The van der Waals surface area contributed by atoms with E-state index in [1.54, 1.807) is 7.11 Å². The number of nitrogens with zero attached hydrogens (tertiary/aromatic N) is 1. The Morgan fingerprint density at radius 1 is 1.21 bits per heavy atom. The summed E-state index contributed by atoms with van der Waals surface area (Å²) in [7, 11) is 3.92. The zero-order chi connectivity index (χ0) is 22.8. The summed E-state index contributed by atoms with van der Waals surface area (Å²) in [5, 5.41) is 0. The number of likely N-dealkylation sites (N-methyl/N-ethyl adjacent to an activating group) is 1. The van der Waals surface area contributed by atoms with E-state index in [2.05, 4.69) is 36.2 Å². The lowest BCUT2D eigenvalue weighted by Crippen LogP contribution is -2.70. The monoisotopic (exact) mass is 447 g/mol. The topological polar surface area (TPSA) is 48.0 Å². The van der Waals surface area contributed by atoms with Crippen molar-refractivity contribution in [2.24, 2.45) is 5.92 Å². The van der Waals surface area contributed by atoms with Crippen LogP contribution in [0.3, 0.4) is 0 Å². The first-order chi connectivity index (χ1) is 16.0. The van der Waals surface area contributed by atoms with E-state index >= 15 is 0 Å². The number of aryl methyl sites for hydroxylation is 1. The van der Waals surface area contributed by atoms with Gasteiger partial charge in [-0.3, -0.25) is 4.79 Å². The first-order valence-corrected chi connectivity index (χ1v) is 12.3. The number of hydrogen-bond acceptors (Lipinski definition) is 5. The number of piperidine rings is 1. The molecule has 6 rings (SSSR count). The van der Waals surface area contributed by atoms with Gasteiger partial charge in [-0.2, -0.15) is 0 Å². The van der Waals surface area contributed by atoms with E-state index in [0.29, 0.717) is 30.7 Å². The highest BCUT2D eigenvalue weighted by atomic mass is 16.5. The predicted octanol–water partition coefficient (Wildman–Crippen LogP) is 4.34. The van der Waals surface area contributed by atoms with Crippen molar-refractivity contribution in [1.29, 1.82) is 0 Å². The molecule has 0 aromatic heterocycles. The smallest absolute Gasteiger partial charge is 0.177 e. The van der Waals surface area contributed by atoms with E-state index in [1.807, 2.05) is 19.1 Å². The summed E-state index contributed by atoms with van der Waals surface area (Å²) in [5.74, 6) is 3.04. The van der Waals surface area contributed by atoms with E-state index in [0.717, 1.165) is 50.1 Å². The fourth-order valence-electron chi connectivity index (χ4n) is 7.37. The third-order valence-corrected chi connectivity index (χ3v) is 9.00. The molecule has 1 saturated carbocycles. The van der Waals surface area contributed by atoms with Gasteiger partial charge in [0, 0.05) is 29.7 Å². The Morgan fingerprint density at radius 2 is 2.03 bits per heavy atom. The van der Waals surface area contributed by atoms with Gasteiger partial charge in [0.25, 0.3) is 0 Å². The van der Waals surface area contributed by atoms with Crippen LogP contribution >= 0.6 is 0 Å². The molecule has 0 amide bonds. The first kappa shape index (κ1) is 21.0. The molecule has 0 unspecified atom stereocenters. The van der Waals surface area contributed by atoms with E-state index in [1.165, 1.54) is 16.7 Å². The summed E-state index contributed by atoms with van der Waals surface area (Å²) in [6.07, 6.45) is 5.36. The van der Waals surface area contributed by atoms with Crippen molar-refractivity contribution in [3.8, 4) is 17.2 Å². The molecular weight excluding hydrogens is 414 g/mol. The van der Waals surface area contributed by atoms with Crippen molar-refractivity contribution < 1.29 is 19.0 Å². The fourth-order valence-corrected chi connectivity index (χ4v) is 7.37. The van der Waals surface area contributed by atoms with Crippen LogP contribution in [0.25, 0.3) is 0 Å². The van der Waals surface area contributed by atoms with Gasteiger partial charge in [0.05, 0.1) is 19.1 Å². The summed E-state index contributed by atoms with van der Waals surface area (Å²) in [6.45, 7) is 3.67. The van der Waals surface area contributed by atoms with Crippen molar-refractivity contribution in [2.45, 2.75) is 62.5 Å². The maximum Gasteiger partial charge on any atom is 0.177 e. The quantitative estimate of drug-likeness (QED) is 0.617. The Kier molecular flexibility index (Phi) is 4.77. The van der Waals surface area contributed by atoms with Crippen molar-refractivity contribution in [2.75, 3.05) is 27.3 Å². The molecule has 1 saturated heterocycles. The molecule has 4 aliphatic rings. The van der Waals surface area contributed by atoms with Gasteiger partial charge >= 0.3 is 0 Å². The van der Waals surface area contributed by atoms with E-state index in [4.69, 9.17) is 14.2 Å². The summed E-state index contributed by atoms with van der Waals surface area (Å²) >= 11 is 0. The summed E-state index contributed by atoms with van der Waals surface area (Å²) in [4.78, 5) is 15.8. The average Bonchev–Trinajstić information content (AvgIpc) is 3.10. The lowest BCUT2D eigenvalue weighted by Gasteiger charge is -2.60. The van der Waals surface area contributed by atoms with Crippen LogP contribution in [0.1, 0.15) is 49.3 Å². The molecule has 4 atom stereocenters. The minimum absolute atomic E-state index is 0.235. The Hall–Kier alpha value is -2.53. The summed E-state index contributed by atoms with van der Waals surface area (Å²) < 4.78 is 18.9. The zero-order valence-corrected chi connectivity index (χ0v) is 19.9. The number of rotatable bonds is 6. The van der Waals surface area contributed by atoms with Crippen LogP contribution in [0.2, 0.25) is 0 Å². The molecule has 174 valence electrons. The highest BCUT2D eigenvalue weighted by Gasteiger charge is 2.71. The maximum atomic E-state index is 13.3. The standard InChI is InChI=1S/C28H33NO4/c1-27-24(30)12-11-20-21-16-19-22(32-15-7-10-18-8-5-4-6-9-18)17-23(31-3)26(33-27)25(19)28(20,27)13-14-29(21)2/h4-6,8-9,17,20-21H,7,10-16H2,1-3H3/t20-,21+,27-,28-/m0/s1. The molecular formula is C28H33NO4. The summed E-state index contributed by atoms with van der Waals surface area (Å²) in [5.41, 5.74) is 2.68. The second-order valence-electron chi connectivity index (χ2n) is 10.4. The fraction of sp³-hybridized carbons (Fsp3) is 0.536. The number of carbonyl (C=O) groups excluding carboxylic acids is 1. The maximum absolute atomic E-state index is 13.3. The molecule has 5 heteroatoms. The van der Waals surface area contributed by atoms with E-state index in [9.17, 15) is 4.79 Å². The van der Waals surface area contributed by atoms with Gasteiger partial charge in [-0.1, -0.05) is 30.3 Å². The molecule has 5 nitrogen and oxygen atoms in total. The Bertz CT molecular complexity index is 1100. The van der Waals surface area contributed by atoms with Gasteiger partial charge in [0.2, 0.25) is 0 Å². The Labute approximate surface area is 196 Å². The van der Waals surface area contributed by atoms with Gasteiger partial charge < -0.3 is 19.1 Å². The second-order valence-corrected chi connectivity index (χ2v) is 10.4. The third kappa shape index (κ3) is 2.78. The SMILES string of the molecule is COc1cc(OCCCc2ccccc2)c2c3c1O[C@@]1(C)C(=O)CC[C@H]4[C@@H](C2)N(C)CC[C@@]341. The first-order valence-electron chi connectivity index (χ1n) is 12.3. The molecule has 2 bridgehead atoms. The average molecular weight is 448 g/mol. The van der Waals surface area contributed by atoms with Gasteiger partial charge in [-0.15, -0.1) is 0 Å². The number of Topliss-reactive ketones (excluding diaryl/α,β-unsaturated/α-hetero) is 1. The van der Waals surface area contributed by atoms with Crippen LogP contribution in [-0.2, 0) is 23.1 Å². The molecule has 33 heavy (non-hydrogen) atoms. The predicted molar refractivity (Wildman–Crippen MR) is 126 cm³/mol. The van der Waals surface area contributed by atoms with Crippen LogP contribution in [0, 0.1) is 5.92 Å².